The maximum atomic E-state index is 11.2. The lowest BCUT2D eigenvalue weighted by molar-refractivity contribution is -0.139. The van der Waals surface area contributed by atoms with Crippen molar-refractivity contribution < 1.29 is 19.4 Å². The molecule has 0 aliphatic heterocycles. The van der Waals surface area contributed by atoms with Crippen LogP contribution >= 0.6 is 0 Å². The average Bonchev–Trinajstić information content (AvgIpc) is 2.23. The molecule has 5 heteroatoms. The zero-order valence-electron chi connectivity index (χ0n) is 10.9. The van der Waals surface area contributed by atoms with Gasteiger partial charge >= 0.3 is 12.1 Å². The van der Waals surface area contributed by atoms with Crippen molar-refractivity contribution in [1.29, 1.82) is 0 Å². The van der Waals surface area contributed by atoms with Gasteiger partial charge in [0.05, 0.1) is 0 Å². The van der Waals surface area contributed by atoms with Gasteiger partial charge in [-0.25, -0.2) is 9.59 Å². The van der Waals surface area contributed by atoms with Gasteiger partial charge in [-0.1, -0.05) is 24.5 Å². The second-order valence-electron chi connectivity index (χ2n) is 4.68. The van der Waals surface area contributed by atoms with Crippen LogP contribution in [0.25, 0.3) is 0 Å². The van der Waals surface area contributed by atoms with Crippen molar-refractivity contribution >= 4 is 12.1 Å². The van der Waals surface area contributed by atoms with Crippen molar-refractivity contribution in [2.45, 2.75) is 33.2 Å². The van der Waals surface area contributed by atoms with Crippen molar-refractivity contribution in [2.75, 3.05) is 6.61 Å². The summed E-state index contributed by atoms with van der Waals surface area (Å²) in [5.74, 6) is 4.50. The SMILES string of the molecule is C=CCOC(=O)N[C@@H](CC#CC(C)(C)C)C(=O)O. The van der Waals surface area contributed by atoms with Crippen LogP contribution in [-0.2, 0) is 9.53 Å². The number of aliphatic carboxylic acids is 1. The summed E-state index contributed by atoms with van der Waals surface area (Å²) in [6.45, 7) is 9.17. The molecule has 1 atom stereocenters. The van der Waals surface area contributed by atoms with E-state index < -0.39 is 18.1 Å². The molecule has 0 radical (unpaired) electrons. The number of hydrogen-bond acceptors (Lipinski definition) is 3. The summed E-state index contributed by atoms with van der Waals surface area (Å²) in [5, 5.41) is 11.1. The quantitative estimate of drug-likeness (QED) is 0.578. The van der Waals surface area contributed by atoms with Crippen molar-refractivity contribution in [2.24, 2.45) is 5.41 Å². The largest absolute Gasteiger partial charge is 0.480 e. The van der Waals surface area contributed by atoms with Gasteiger partial charge in [0, 0.05) is 11.8 Å². The van der Waals surface area contributed by atoms with E-state index in [1.807, 2.05) is 20.8 Å². The van der Waals surface area contributed by atoms with E-state index in [1.54, 1.807) is 0 Å². The fraction of sp³-hybridized carbons (Fsp3) is 0.538. The molecule has 0 fully saturated rings. The molecule has 0 saturated heterocycles. The van der Waals surface area contributed by atoms with E-state index in [2.05, 4.69) is 28.5 Å². The first-order chi connectivity index (χ1) is 8.26. The molecule has 0 rings (SSSR count). The van der Waals surface area contributed by atoms with Crippen molar-refractivity contribution in [1.82, 2.24) is 5.32 Å². The standard InChI is InChI=1S/C13H19NO4/c1-5-9-18-12(17)14-10(11(15)16)7-6-8-13(2,3)4/h5,10H,1,7,9H2,2-4H3,(H,14,17)(H,15,16)/t10-/m0/s1. The molecule has 2 N–H and O–H groups in total. The minimum absolute atomic E-state index is 0.0336. The van der Waals surface area contributed by atoms with E-state index in [1.165, 1.54) is 6.08 Å². The predicted octanol–water partition coefficient (Wildman–Crippen LogP) is 1.79. The van der Waals surface area contributed by atoms with E-state index in [4.69, 9.17) is 5.11 Å². The number of ether oxygens (including phenoxy) is 1. The van der Waals surface area contributed by atoms with E-state index in [0.717, 1.165) is 0 Å². The number of carbonyl (C=O) groups is 2. The smallest absolute Gasteiger partial charge is 0.408 e. The Kier molecular flexibility index (Phi) is 6.58. The number of hydrogen-bond donors (Lipinski definition) is 2. The zero-order chi connectivity index (χ0) is 14.2. The summed E-state index contributed by atoms with van der Waals surface area (Å²) in [6.07, 6.45) is 0.643. The lowest BCUT2D eigenvalue weighted by Crippen LogP contribution is -2.40. The van der Waals surface area contributed by atoms with Crippen LogP contribution in [0, 0.1) is 17.3 Å². The molecule has 1 amide bonds. The van der Waals surface area contributed by atoms with Gasteiger partial charge in [0.15, 0.2) is 0 Å². The lowest BCUT2D eigenvalue weighted by Gasteiger charge is -2.12. The second kappa shape index (κ2) is 7.38. The Hall–Kier alpha value is -1.96. The predicted molar refractivity (Wildman–Crippen MR) is 68.0 cm³/mol. The normalized spacial score (nSPS) is 11.7. The van der Waals surface area contributed by atoms with Crippen LogP contribution in [0.15, 0.2) is 12.7 Å². The van der Waals surface area contributed by atoms with Gasteiger partial charge in [0.25, 0.3) is 0 Å². The minimum atomic E-state index is -1.14. The van der Waals surface area contributed by atoms with E-state index in [9.17, 15) is 9.59 Å². The summed E-state index contributed by atoms with van der Waals surface area (Å²) in [5.41, 5.74) is -0.202. The number of nitrogens with one attached hydrogen (secondary N) is 1. The summed E-state index contributed by atoms with van der Waals surface area (Å²) in [7, 11) is 0. The molecule has 0 unspecified atom stereocenters. The fourth-order valence-corrected chi connectivity index (χ4v) is 0.937. The molecule has 0 aromatic heterocycles. The summed E-state index contributed by atoms with van der Waals surface area (Å²) in [4.78, 5) is 22.1. The molecule has 0 saturated carbocycles. The van der Waals surface area contributed by atoms with Gasteiger partial charge < -0.3 is 15.2 Å². The van der Waals surface area contributed by atoms with Crippen LogP contribution in [0.5, 0.6) is 0 Å². The third-order valence-electron chi connectivity index (χ3n) is 1.69. The molecule has 5 nitrogen and oxygen atoms in total. The highest BCUT2D eigenvalue weighted by atomic mass is 16.5. The molecule has 0 aliphatic carbocycles. The van der Waals surface area contributed by atoms with Crippen LogP contribution < -0.4 is 5.32 Å². The Morgan fingerprint density at radius 2 is 2.11 bits per heavy atom. The highest BCUT2D eigenvalue weighted by Crippen LogP contribution is 2.10. The highest BCUT2D eigenvalue weighted by molar-refractivity contribution is 5.80. The Bertz CT molecular complexity index is 371. The van der Waals surface area contributed by atoms with E-state index in [-0.39, 0.29) is 18.4 Å². The zero-order valence-corrected chi connectivity index (χ0v) is 10.9. The average molecular weight is 253 g/mol. The lowest BCUT2D eigenvalue weighted by atomic mass is 9.97. The van der Waals surface area contributed by atoms with Gasteiger partial charge in [0.1, 0.15) is 12.6 Å². The Morgan fingerprint density at radius 1 is 1.50 bits per heavy atom. The number of rotatable bonds is 5. The van der Waals surface area contributed by atoms with Gasteiger partial charge in [0.2, 0.25) is 0 Å². The third-order valence-corrected chi connectivity index (χ3v) is 1.69. The van der Waals surface area contributed by atoms with E-state index >= 15 is 0 Å². The van der Waals surface area contributed by atoms with E-state index in [0.29, 0.717) is 0 Å². The number of carboxylic acids is 1. The summed E-state index contributed by atoms with van der Waals surface area (Å²) >= 11 is 0. The molecule has 0 aromatic rings. The van der Waals surface area contributed by atoms with Gasteiger partial charge in [-0.3, -0.25) is 0 Å². The van der Waals surface area contributed by atoms with Gasteiger partial charge in [-0.05, 0) is 20.8 Å². The van der Waals surface area contributed by atoms with Crippen LogP contribution in [0.1, 0.15) is 27.2 Å². The topological polar surface area (TPSA) is 75.6 Å². The molecule has 0 heterocycles. The molecule has 0 aromatic carbocycles. The molecular weight excluding hydrogens is 234 g/mol. The molecule has 0 spiro atoms. The number of carbonyl (C=O) groups excluding carboxylic acids is 1. The molecular formula is C13H19NO4. The van der Waals surface area contributed by atoms with Gasteiger partial charge in [-0.15, -0.1) is 0 Å². The first kappa shape index (κ1) is 16.0. The van der Waals surface area contributed by atoms with Crippen molar-refractivity contribution in [3.05, 3.63) is 12.7 Å². The van der Waals surface area contributed by atoms with Crippen LogP contribution in [0.4, 0.5) is 4.79 Å². The van der Waals surface area contributed by atoms with Crippen LogP contribution in [-0.4, -0.2) is 29.8 Å². The van der Waals surface area contributed by atoms with Gasteiger partial charge in [-0.2, -0.15) is 0 Å². The molecule has 100 valence electrons. The molecule has 0 aliphatic rings. The monoisotopic (exact) mass is 253 g/mol. The first-order valence-corrected chi connectivity index (χ1v) is 5.53. The Balaban J connectivity index is 4.40. The number of carboxylic acid groups (broad SMARTS) is 1. The number of amides is 1. The summed E-state index contributed by atoms with van der Waals surface area (Å²) in [6, 6.07) is -1.07. The highest BCUT2D eigenvalue weighted by Gasteiger charge is 2.19. The molecule has 0 bridgehead atoms. The maximum absolute atomic E-state index is 11.2. The third kappa shape index (κ3) is 8.22. The fourth-order valence-electron chi connectivity index (χ4n) is 0.937. The number of alkyl carbamates (subject to hydrolysis) is 1. The van der Waals surface area contributed by atoms with Crippen LogP contribution in [0.2, 0.25) is 0 Å². The van der Waals surface area contributed by atoms with Crippen molar-refractivity contribution in [3.8, 4) is 11.8 Å². The Morgan fingerprint density at radius 3 is 2.56 bits per heavy atom. The minimum Gasteiger partial charge on any atom is -0.480 e. The second-order valence-corrected chi connectivity index (χ2v) is 4.68. The Labute approximate surface area is 107 Å². The maximum Gasteiger partial charge on any atom is 0.408 e. The first-order valence-electron chi connectivity index (χ1n) is 5.53. The molecule has 18 heavy (non-hydrogen) atoms. The van der Waals surface area contributed by atoms with Crippen molar-refractivity contribution in [3.63, 3.8) is 0 Å². The summed E-state index contributed by atoms with van der Waals surface area (Å²) < 4.78 is 4.64. The van der Waals surface area contributed by atoms with Crippen LogP contribution in [0.3, 0.4) is 0 Å².